The van der Waals surface area contributed by atoms with Crippen LogP contribution in [0.4, 0.5) is 29.4 Å². The van der Waals surface area contributed by atoms with Crippen molar-refractivity contribution in [1.82, 2.24) is 31.2 Å². The first kappa shape index (κ1) is 57.7. The van der Waals surface area contributed by atoms with E-state index >= 15 is 0 Å². The Bertz CT molecular complexity index is 2000. The summed E-state index contributed by atoms with van der Waals surface area (Å²) >= 11 is 2.67. The lowest BCUT2D eigenvalue weighted by atomic mass is 10.1. The minimum Gasteiger partial charge on any atom is -0.444 e. The Morgan fingerprint density at radius 3 is 1.37 bits per heavy atom. The number of nitrogens with zero attached hydrogens (tertiary/aromatic N) is 4. The molecule has 67 heavy (non-hydrogen) atoms. The predicted octanol–water partition coefficient (Wildman–Crippen LogP) is 9.28. The number of carbonyl (C=O) groups is 6. The number of aromatic nitrogens is 2. The van der Waals surface area contributed by atoms with Gasteiger partial charge in [0.1, 0.15) is 22.4 Å². The van der Waals surface area contributed by atoms with Crippen molar-refractivity contribution in [2.24, 2.45) is 9.98 Å². The summed E-state index contributed by atoms with van der Waals surface area (Å²) in [4.78, 5) is 94.5. The number of hydrogen-bond acceptors (Lipinski definition) is 16. The van der Waals surface area contributed by atoms with Crippen LogP contribution in [0.3, 0.4) is 0 Å². The van der Waals surface area contributed by atoms with Crippen molar-refractivity contribution in [2.75, 3.05) is 23.7 Å². The summed E-state index contributed by atoms with van der Waals surface area (Å²) in [6.07, 6.45) is 6.32. The van der Waals surface area contributed by atoms with Gasteiger partial charge in [0.05, 0.1) is 5.69 Å². The monoisotopic (exact) mass is 979 g/mol. The van der Waals surface area contributed by atoms with E-state index in [9.17, 15) is 28.8 Å². The van der Waals surface area contributed by atoms with E-state index in [1.165, 1.54) is 22.7 Å². The Balaban J connectivity index is 1.80. The molecule has 0 aliphatic heterocycles. The first-order chi connectivity index (χ1) is 31.0. The molecule has 0 unspecified atom stereocenters. The van der Waals surface area contributed by atoms with Crippen molar-refractivity contribution < 1.29 is 47.7 Å². The van der Waals surface area contributed by atoms with Crippen LogP contribution in [0.15, 0.2) is 16.2 Å². The molecule has 2 rings (SSSR count). The van der Waals surface area contributed by atoms with Gasteiger partial charge in [-0.2, -0.15) is 0 Å². The van der Waals surface area contributed by atoms with Gasteiger partial charge in [-0.05, 0) is 129 Å². The maximum atomic E-state index is 12.9. The van der Waals surface area contributed by atoms with Crippen LogP contribution in [0.2, 0.25) is 0 Å². The highest BCUT2D eigenvalue weighted by Crippen LogP contribution is 2.25. The van der Waals surface area contributed by atoms with E-state index in [1.54, 1.807) is 89.3 Å². The van der Waals surface area contributed by atoms with E-state index in [1.807, 2.05) is 6.92 Å². The second-order valence-electron chi connectivity index (χ2n) is 19.6. The predicted molar refractivity (Wildman–Crippen MR) is 262 cm³/mol. The fourth-order valence-corrected chi connectivity index (χ4v) is 7.37. The highest BCUT2D eigenvalue weighted by molar-refractivity contribution is 7.16. The van der Waals surface area contributed by atoms with Crippen molar-refractivity contribution in [3.05, 3.63) is 21.6 Å². The van der Waals surface area contributed by atoms with Crippen molar-refractivity contribution in [3.63, 3.8) is 0 Å². The molecule has 2 aromatic rings. The first-order valence-corrected chi connectivity index (χ1v) is 24.3. The minimum atomic E-state index is -0.754. The molecule has 376 valence electrons. The summed E-state index contributed by atoms with van der Waals surface area (Å²) < 4.78 is 21.3. The van der Waals surface area contributed by atoms with Crippen LogP contribution in [0.1, 0.15) is 163 Å². The van der Waals surface area contributed by atoms with Gasteiger partial charge in [0.25, 0.3) is 0 Å². The molecule has 0 aliphatic carbocycles. The van der Waals surface area contributed by atoms with Crippen LogP contribution in [-0.2, 0) is 41.4 Å². The molecule has 6 amide bonds. The molecule has 0 saturated heterocycles. The quantitative estimate of drug-likeness (QED) is 0.0333. The third-order valence-electron chi connectivity index (χ3n) is 8.16. The van der Waals surface area contributed by atoms with Crippen LogP contribution < -0.4 is 31.9 Å². The third-order valence-corrected chi connectivity index (χ3v) is 10.3. The number of alkyl carbamates (subject to hydrolysis) is 2. The van der Waals surface area contributed by atoms with Gasteiger partial charge in [-0.1, -0.05) is 25.7 Å². The molecular formula is C45H74N10O10S2. The normalized spacial score (nSPS) is 12.4. The van der Waals surface area contributed by atoms with E-state index < -0.39 is 46.8 Å². The van der Waals surface area contributed by atoms with E-state index in [2.05, 4.69) is 51.9 Å². The zero-order valence-electron chi connectivity index (χ0n) is 41.7. The van der Waals surface area contributed by atoms with E-state index in [-0.39, 0.29) is 49.7 Å². The lowest BCUT2D eigenvalue weighted by Gasteiger charge is -2.20. The van der Waals surface area contributed by atoms with Gasteiger partial charge in [-0.25, -0.2) is 29.1 Å². The number of aryl methyl sites for hydroxylation is 3. The lowest BCUT2D eigenvalue weighted by Crippen LogP contribution is -2.45. The van der Waals surface area contributed by atoms with Crippen molar-refractivity contribution in [3.8, 4) is 0 Å². The number of aliphatic imine (C=N–C) groups is 2. The SMILES string of the molecule is Cc1nc(NC(=O)OC(C)(C)C)sc1CCCN=C(NC(=O)CCCCCCCCC(=O)NC(=NCCCc1cnc(NC(=O)OC(C)(C)C)s1)NC(=O)OC(C)(C)C)NC(=O)OC(C)(C)C. The fourth-order valence-electron chi connectivity index (χ4n) is 5.54. The van der Waals surface area contributed by atoms with Gasteiger partial charge < -0.3 is 18.9 Å². The number of amides is 6. The van der Waals surface area contributed by atoms with E-state index in [0.717, 1.165) is 41.1 Å². The van der Waals surface area contributed by atoms with Crippen LogP contribution >= 0.6 is 22.7 Å². The second-order valence-corrected chi connectivity index (χ2v) is 21.8. The lowest BCUT2D eigenvalue weighted by molar-refractivity contribution is -0.120. The highest BCUT2D eigenvalue weighted by atomic mass is 32.1. The average molecular weight is 979 g/mol. The minimum absolute atomic E-state index is 0.000682. The number of hydrogen-bond donors (Lipinski definition) is 6. The fraction of sp³-hybridized carbons (Fsp3) is 0.689. The Kier molecular flexibility index (Phi) is 23.6. The van der Waals surface area contributed by atoms with Crippen molar-refractivity contribution in [2.45, 2.75) is 189 Å². The molecule has 0 aromatic carbocycles. The molecule has 0 saturated carbocycles. The second kappa shape index (κ2) is 27.4. The Morgan fingerprint density at radius 1 is 0.522 bits per heavy atom. The molecule has 0 fully saturated rings. The van der Waals surface area contributed by atoms with Gasteiger partial charge in [-0.3, -0.25) is 51.5 Å². The van der Waals surface area contributed by atoms with Gasteiger partial charge in [0, 0.05) is 41.9 Å². The molecule has 0 aliphatic rings. The topological polar surface area (TPSA) is 262 Å². The molecular weight excluding hydrogens is 905 g/mol. The summed E-state index contributed by atoms with van der Waals surface area (Å²) in [5.74, 6) is -0.602. The van der Waals surface area contributed by atoms with Crippen LogP contribution in [0.25, 0.3) is 0 Å². The molecule has 20 nitrogen and oxygen atoms in total. The van der Waals surface area contributed by atoms with Crippen LogP contribution in [0, 0.1) is 6.92 Å². The largest absolute Gasteiger partial charge is 0.444 e. The number of anilines is 2. The smallest absolute Gasteiger partial charge is 0.414 e. The number of ether oxygens (including phenoxy) is 4. The number of carbonyl (C=O) groups excluding carboxylic acids is 6. The molecule has 0 radical (unpaired) electrons. The van der Waals surface area contributed by atoms with Gasteiger partial charge in [0.15, 0.2) is 10.3 Å². The molecule has 0 spiro atoms. The molecule has 6 N–H and O–H groups in total. The molecule has 2 aromatic heterocycles. The number of thiazole rings is 2. The van der Waals surface area contributed by atoms with Crippen LogP contribution in [-0.4, -0.2) is 93.6 Å². The maximum Gasteiger partial charge on any atom is 0.414 e. The van der Waals surface area contributed by atoms with E-state index in [0.29, 0.717) is 48.8 Å². The molecule has 0 bridgehead atoms. The van der Waals surface area contributed by atoms with Gasteiger partial charge in [-0.15, -0.1) is 22.7 Å². The van der Waals surface area contributed by atoms with Gasteiger partial charge >= 0.3 is 24.4 Å². The van der Waals surface area contributed by atoms with Crippen molar-refractivity contribution >= 4 is 81.0 Å². The third kappa shape index (κ3) is 29.1. The Hall–Kier alpha value is -5.38. The zero-order chi connectivity index (χ0) is 50.4. The maximum absolute atomic E-state index is 12.9. The molecule has 2 heterocycles. The average Bonchev–Trinajstić information content (AvgIpc) is 3.73. The number of guanidine groups is 2. The molecule has 0 atom stereocenters. The number of rotatable bonds is 19. The summed E-state index contributed by atoms with van der Waals surface area (Å²) in [5, 5.41) is 16.6. The summed E-state index contributed by atoms with van der Waals surface area (Å²) in [6, 6.07) is 0. The number of nitrogens with one attached hydrogen (secondary N) is 6. The molecule has 22 heteroatoms. The first-order valence-electron chi connectivity index (χ1n) is 22.6. The zero-order valence-corrected chi connectivity index (χ0v) is 43.3. The van der Waals surface area contributed by atoms with E-state index in [4.69, 9.17) is 18.9 Å². The van der Waals surface area contributed by atoms with Crippen molar-refractivity contribution in [1.29, 1.82) is 0 Å². The number of unbranched alkanes of at least 4 members (excludes halogenated alkanes) is 5. The highest BCUT2D eigenvalue weighted by Gasteiger charge is 2.22. The standard InChI is InChI=1S/C45H74N10O10S2/c1-29-31(67-37(49-29)55-41(61)65-45(11,12)13)23-21-27-47-35(53-39(59)63-43(5,6)7)51-33(57)25-19-17-15-14-16-18-24-32(56)50-34(52-38(58)62-42(2,3)4)46-26-20-22-30-28-48-36(66-30)54-40(60)64-44(8,9)10/h28H,14-27H2,1-13H3,(H,48,54,60)(H,49,55,61)(H2,46,50,52,56,58)(H2,47,51,53,57,59). The Labute approximate surface area is 403 Å². The van der Waals surface area contributed by atoms with Crippen LogP contribution in [0.5, 0.6) is 0 Å². The van der Waals surface area contributed by atoms with Gasteiger partial charge in [0.2, 0.25) is 23.7 Å². The Morgan fingerprint density at radius 2 is 0.925 bits per heavy atom. The summed E-state index contributed by atoms with van der Waals surface area (Å²) in [7, 11) is 0. The summed E-state index contributed by atoms with van der Waals surface area (Å²) in [6.45, 7) is 23.5. The summed E-state index contributed by atoms with van der Waals surface area (Å²) in [5.41, 5.74) is -2.00.